The molecule has 3 unspecified atom stereocenters. The molecule has 2 nitrogen and oxygen atoms in total. The Morgan fingerprint density at radius 1 is 1.30 bits per heavy atom. The summed E-state index contributed by atoms with van der Waals surface area (Å²) in [5, 5.41) is 3.71. The predicted molar refractivity (Wildman–Crippen MR) is 90.4 cm³/mol. The second-order valence-electron chi connectivity index (χ2n) is 5.65. The molecule has 1 aromatic rings. The number of rotatable bonds is 6. The molecule has 0 bridgehead atoms. The first kappa shape index (κ1) is 15.9. The second kappa shape index (κ2) is 8.06. The molecule has 0 amide bonds. The molecule has 0 radical (unpaired) electrons. The van der Waals surface area contributed by atoms with E-state index >= 15 is 0 Å². The Kier molecular flexibility index (Phi) is 6.40. The molecule has 2 rings (SSSR count). The van der Waals surface area contributed by atoms with Gasteiger partial charge in [0.05, 0.1) is 0 Å². The van der Waals surface area contributed by atoms with E-state index in [0.29, 0.717) is 18.1 Å². The fraction of sp³-hybridized carbons (Fsp3) is 0.647. The minimum absolute atomic E-state index is 0.520. The molecule has 1 aliphatic heterocycles. The molecule has 1 saturated heterocycles. The molecule has 0 spiro atoms. The van der Waals surface area contributed by atoms with Crippen molar-refractivity contribution in [3.8, 4) is 0 Å². The van der Waals surface area contributed by atoms with Crippen LogP contribution in [0.1, 0.15) is 38.8 Å². The maximum absolute atomic E-state index is 3.71. The summed E-state index contributed by atoms with van der Waals surface area (Å²) in [5.41, 5.74) is 1.45. The van der Waals surface area contributed by atoms with E-state index in [9.17, 15) is 0 Å². The SMILES string of the molecule is CCSCC(C)N1CC(CC)NCC1c1ccccc1. The van der Waals surface area contributed by atoms with Gasteiger partial charge in [0.1, 0.15) is 0 Å². The topological polar surface area (TPSA) is 15.3 Å². The summed E-state index contributed by atoms with van der Waals surface area (Å²) in [5.74, 6) is 2.44. The summed E-state index contributed by atoms with van der Waals surface area (Å²) in [6.45, 7) is 9.16. The zero-order valence-corrected chi connectivity index (χ0v) is 13.8. The first-order chi connectivity index (χ1) is 9.76. The van der Waals surface area contributed by atoms with Gasteiger partial charge in [-0.3, -0.25) is 4.90 Å². The van der Waals surface area contributed by atoms with E-state index in [0.717, 1.165) is 6.54 Å². The molecule has 0 saturated carbocycles. The van der Waals surface area contributed by atoms with Crippen molar-refractivity contribution in [2.45, 2.75) is 45.3 Å². The van der Waals surface area contributed by atoms with Gasteiger partial charge in [-0.1, -0.05) is 44.2 Å². The molecule has 3 heteroatoms. The van der Waals surface area contributed by atoms with Crippen molar-refractivity contribution < 1.29 is 0 Å². The highest BCUT2D eigenvalue weighted by atomic mass is 32.2. The number of hydrogen-bond donors (Lipinski definition) is 1. The third-order valence-corrected chi connectivity index (χ3v) is 5.36. The van der Waals surface area contributed by atoms with E-state index in [-0.39, 0.29) is 0 Å². The summed E-state index contributed by atoms with van der Waals surface area (Å²) >= 11 is 2.05. The molecule has 112 valence electrons. The van der Waals surface area contributed by atoms with Crippen molar-refractivity contribution in [3.63, 3.8) is 0 Å². The highest BCUT2D eigenvalue weighted by Gasteiger charge is 2.31. The van der Waals surface area contributed by atoms with Gasteiger partial charge < -0.3 is 5.32 Å². The summed E-state index contributed by atoms with van der Waals surface area (Å²) in [4.78, 5) is 2.71. The summed E-state index contributed by atoms with van der Waals surface area (Å²) in [6, 6.07) is 12.8. The third-order valence-electron chi connectivity index (χ3n) is 4.24. The highest BCUT2D eigenvalue weighted by Crippen LogP contribution is 2.27. The Labute approximate surface area is 128 Å². The summed E-state index contributed by atoms with van der Waals surface area (Å²) in [7, 11) is 0. The number of nitrogens with zero attached hydrogens (tertiary/aromatic N) is 1. The van der Waals surface area contributed by atoms with Crippen LogP contribution in [0.25, 0.3) is 0 Å². The smallest absolute Gasteiger partial charge is 0.0476 e. The first-order valence-corrected chi connectivity index (χ1v) is 9.03. The number of hydrogen-bond acceptors (Lipinski definition) is 3. The first-order valence-electron chi connectivity index (χ1n) is 7.88. The summed E-state index contributed by atoms with van der Waals surface area (Å²) < 4.78 is 0. The lowest BCUT2D eigenvalue weighted by atomic mass is 9.98. The van der Waals surface area contributed by atoms with Gasteiger partial charge in [-0.15, -0.1) is 0 Å². The van der Waals surface area contributed by atoms with Crippen LogP contribution in [-0.4, -0.2) is 41.6 Å². The van der Waals surface area contributed by atoms with Crippen LogP contribution in [-0.2, 0) is 0 Å². The van der Waals surface area contributed by atoms with Gasteiger partial charge in [0.15, 0.2) is 0 Å². The lowest BCUT2D eigenvalue weighted by Crippen LogP contribution is -2.55. The third kappa shape index (κ3) is 4.00. The lowest BCUT2D eigenvalue weighted by molar-refractivity contribution is 0.0973. The predicted octanol–water partition coefficient (Wildman–Crippen LogP) is 3.55. The number of benzene rings is 1. The molecule has 1 fully saturated rings. The quantitative estimate of drug-likeness (QED) is 0.863. The average molecular weight is 292 g/mol. The Bertz CT molecular complexity index is 382. The van der Waals surface area contributed by atoms with Gasteiger partial charge in [0, 0.05) is 37.0 Å². The van der Waals surface area contributed by atoms with E-state index in [1.807, 2.05) is 0 Å². The van der Waals surface area contributed by atoms with Gasteiger partial charge in [-0.2, -0.15) is 11.8 Å². The Morgan fingerprint density at radius 3 is 2.70 bits per heavy atom. The van der Waals surface area contributed by atoms with Crippen molar-refractivity contribution in [1.29, 1.82) is 0 Å². The largest absolute Gasteiger partial charge is 0.311 e. The highest BCUT2D eigenvalue weighted by molar-refractivity contribution is 7.99. The van der Waals surface area contributed by atoms with E-state index < -0.39 is 0 Å². The fourth-order valence-electron chi connectivity index (χ4n) is 2.97. The van der Waals surface area contributed by atoms with Crippen LogP contribution in [0.2, 0.25) is 0 Å². The number of thioether (sulfide) groups is 1. The van der Waals surface area contributed by atoms with E-state index in [1.165, 1.54) is 30.0 Å². The van der Waals surface area contributed by atoms with E-state index in [1.54, 1.807) is 0 Å². The van der Waals surface area contributed by atoms with Crippen molar-refractivity contribution >= 4 is 11.8 Å². The minimum atomic E-state index is 0.520. The molecule has 1 aliphatic rings. The summed E-state index contributed by atoms with van der Waals surface area (Å²) in [6.07, 6.45) is 1.21. The van der Waals surface area contributed by atoms with Crippen LogP contribution in [0.15, 0.2) is 30.3 Å². The molecule has 3 atom stereocenters. The van der Waals surface area contributed by atoms with Crippen molar-refractivity contribution in [1.82, 2.24) is 10.2 Å². The zero-order chi connectivity index (χ0) is 14.4. The van der Waals surface area contributed by atoms with Crippen LogP contribution in [0.3, 0.4) is 0 Å². The van der Waals surface area contributed by atoms with Crippen LogP contribution in [0.4, 0.5) is 0 Å². The molecule has 20 heavy (non-hydrogen) atoms. The van der Waals surface area contributed by atoms with Gasteiger partial charge in [-0.05, 0) is 24.7 Å². The molecule has 1 heterocycles. The van der Waals surface area contributed by atoms with Gasteiger partial charge in [0.25, 0.3) is 0 Å². The maximum Gasteiger partial charge on any atom is 0.0476 e. The zero-order valence-electron chi connectivity index (χ0n) is 13.0. The second-order valence-corrected chi connectivity index (χ2v) is 6.96. The number of nitrogens with one attached hydrogen (secondary N) is 1. The standard InChI is InChI=1S/C17H28N2S/c1-4-16-12-19(14(3)13-20-5-2)17(11-18-16)15-9-7-6-8-10-15/h6-10,14,16-18H,4-5,11-13H2,1-3H3. The monoisotopic (exact) mass is 292 g/mol. The van der Waals surface area contributed by atoms with Gasteiger partial charge in [-0.25, -0.2) is 0 Å². The van der Waals surface area contributed by atoms with Crippen LogP contribution in [0, 0.1) is 0 Å². The molecule has 1 N–H and O–H groups in total. The minimum Gasteiger partial charge on any atom is -0.311 e. The Hall–Kier alpha value is -0.510. The van der Waals surface area contributed by atoms with Crippen LogP contribution < -0.4 is 5.32 Å². The van der Waals surface area contributed by atoms with Crippen molar-refractivity contribution in [3.05, 3.63) is 35.9 Å². The van der Waals surface area contributed by atoms with Gasteiger partial charge >= 0.3 is 0 Å². The molecule has 0 aliphatic carbocycles. The maximum atomic E-state index is 3.71. The average Bonchev–Trinajstić information content (AvgIpc) is 2.52. The van der Waals surface area contributed by atoms with E-state index in [2.05, 4.69) is 73.1 Å². The lowest BCUT2D eigenvalue weighted by Gasteiger charge is -2.44. The van der Waals surface area contributed by atoms with Gasteiger partial charge in [0.2, 0.25) is 0 Å². The number of piperazine rings is 1. The normalized spacial score (nSPS) is 25.6. The van der Waals surface area contributed by atoms with Crippen molar-refractivity contribution in [2.75, 3.05) is 24.6 Å². The Balaban J connectivity index is 2.11. The Morgan fingerprint density at radius 2 is 2.05 bits per heavy atom. The molecule has 0 aromatic heterocycles. The van der Waals surface area contributed by atoms with Crippen LogP contribution in [0.5, 0.6) is 0 Å². The van der Waals surface area contributed by atoms with Crippen molar-refractivity contribution in [2.24, 2.45) is 0 Å². The van der Waals surface area contributed by atoms with Crippen LogP contribution >= 0.6 is 11.8 Å². The fourth-order valence-corrected chi connectivity index (χ4v) is 3.74. The molecular weight excluding hydrogens is 264 g/mol. The molecule has 1 aromatic carbocycles. The van der Waals surface area contributed by atoms with E-state index in [4.69, 9.17) is 0 Å². The molecular formula is C17H28N2S.